The van der Waals surface area contributed by atoms with Gasteiger partial charge in [-0.2, -0.15) is 0 Å². The summed E-state index contributed by atoms with van der Waals surface area (Å²) in [6.45, 7) is 3.69. The van der Waals surface area contributed by atoms with Crippen LogP contribution < -0.4 is 5.32 Å². The average Bonchev–Trinajstić information content (AvgIpc) is 3.04. The van der Waals surface area contributed by atoms with Crippen LogP contribution in [0.25, 0.3) is 10.6 Å². The lowest BCUT2D eigenvalue weighted by molar-refractivity contribution is -0.125. The predicted molar refractivity (Wildman–Crippen MR) is 102 cm³/mol. The molecular formula is C20H24N2O3S. The van der Waals surface area contributed by atoms with E-state index < -0.39 is 5.97 Å². The number of carbonyl (C=O) groups is 2. The van der Waals surface area contributed by atoms with Gasteiger partial charge < -0.3 is 10.1 Å². The van der Waals surface area contributed by atoms with E-state index in [-0.39, 0.29) is 18.6 Å². The molecule has 0 saturated heterocycles. The number of hydrogen-bond donors (Lipinski definition) is 1. The van der Waals surface area contributed by atoms with Crippen LogP contribution in [-0.2, 0) is 9.53 Å². The van der Waals surface area contributed by atoms with Crippen LogP contribution in [0.3, 0.4) is 0 Å². The van der Waals surface area contributed by atoms with Gasteiger partial charge in [-0.1, -0.05) is 50.1 Å². The second-order valence-corrected chi connectivity index (χ2v) is 7.81. The van der Waals surface area contributed by atoms with E-state index in [1.54, 1.807) is 6.92 Å². The van der Waals surface area contributed by atoms with E-state index in [9.17, 15) is 9.59 Å². The minimum atomic E-state index is -0.492. The van der Waals surface area contributed by atoms with E-state index in [1.807, 2.05) is 30.3 Å². The highest BCUT2D eigenvalue weighted by Gasteiger charge is 2.24. The average molecular weight is 372 g/mol. The molecule has 6 heteroatoms. The lowest BCUT2D eigenvalue weighted by atomic mass is 9.86. The van der Waals surface area contributed by atoms with Crippen LogP contribution in [0.1, 0.15) is 48.0 Å². The smallest absolute Gasteiger partial charge is 0.350 e. The Morgan fingerprint density at radius 3 is 2.69 bits per heavy atom. The fraction of sp³-hybridized carbons (Fsp3) is 0.450. The fourth-order valence-electron chi connectivity index (χ4n) is 3.27. The third kappa shape index (κ3) is 4.49. The molecule has 1 aromatic carbocycles. The lowest BCUT2D eigenvalue weighted by Gasteiger charge is -2.29. The lowest BCUT2D eigenvalue weighted by Crippen LogP contribution is -2.42. The van der Waals surface area contributed by atoms with Gasteiger partial charge in [0.1, 0.15) is 9.88 Å². The third-order valence-electron chi connectivity index (χ3n) is 4.79. The number of amides is 1. The van der Waals surface area contributed by atoms with Crippen molar-refractivity contribution in [2.24, 2.45) is 5.92 Å². The summed E-state index contributed by atoms with van der Waals surface area (Å²) in [6.07, 6.45) is 4.48. The molecule has 0 radical (unpaired) electrons. The topological polar surface area (TPSA) is 68.3 Å². The highest BCUT2D eigenvalue weighted by molar-refractivity contribution is 7.17. The Bertz CT molecular complexity index is 773. The minimum Gasteiger partial charge on any atom is -0.451 e. The van der Waals surface area contributed by atoms with E-state index >= 15 is 0 Å². The number of aryl methyl sites for hydroxylation is 1. The molecule has 26 heavy (non-hydrogen) atoms. The summed E-state index contributed by atoms with van der Waals surface area (Å²) in [6, 6.07) is 9.88. The van der Waals surface area contributed by atoms with Crippen LogP contribution >= 0.6 is 11.3 Å². The molecule has 2 aromatic rings. The molecule has 1 heterocycles. The monoisotopic (exact) mass is 372 g/mol. The Balaban J connectivity index is 1.56. The van der Waals surface area contributed by atoms with Crippen molar-refractivity contribution in [2.45, 2.75) is 45.6 Å². The number of esters is 1. The van der Waals surface area contributed by atoms with E-state index in [0.29, 0.717) is 16.5 Å². The standard InChI is InChI=1S/C20H24N2O3S/c1-13-8-6-7-11-16(13)22-17(23)12-25-20(24)18-14(2)21-19(26-18)15-9-4-3-5-10-15/h3-5,9-10,13,16H,6-8,11-12H2,1-2H3,(H,22,23)/t13-,16-/m0/s1. The number of benzene rings is 1. The summed E-state index contributed by atoms with van der Waals surface area (Å²) in [5, 5.41) is 3.77. The molecule has 0 bridgehead atoms. The van der Waals surface area contributed by atoms with Crippen molar-refractivity contribution in [2.75, 3.05) is 6.61 Å². The second-order valence-electron chi connectivity index (χ2n) is 6.81. The van der Waals surface area contributed by atoms with Gasteiger partial charge in [0.15, 0.2) is 6.61 Å². The van der Waals surface area contributed by atoms with Crippen molar-refractivity contribution < 1.29 is 14.3 Å². The molecule has 138 valence electrons. The molecule has 0 spiro atoms. The van der Waals surface area contributed by atoms with Crippen LogP contribution in [0.4, 0.5) is 0 Å². The number of rotatable bonds is 5. The first-order valence-electron chi connectivity index (χ1n) is 9.04. The van der Waals surface area contributed by atoms with Gasteiger partial charge in [-0.25, -0.2) is 9.78 Å². The molecule has 3 rings (SSSR count). The molecule has 1 fully saturated rings. The van der Waals surface area contributed by atoms with Gasteiger partial charge >= 0.3 is 5.97 Å². The maximum absolute atomic E-state index is 12.3. The molecule has 0 aliphatic heterocycles. The SMILES string of the molecule is Cc1nc(-c2ccccc2)sc1C(=O)OCC(=O)N[C@H]1CCCC[C@@H]1C. The van der Waals surface area contributed by atoms with Crippen LogP contribution in [0.5, 0.6) is 0 Å². The third-order valence-corrected chi connectivity index (χ3v) is 5.98. The highest BCUT2D eigenvalue weighted by atomic mass is 32.1. The Labute approximate surface area is 157 Å². The maximum Gasteiger partial charge on any atom is 0.350 e. The molecule has 1 saturated carbocycles. The second kappa shape index (κ2) is 8.45. The van der Waals surface area contributed by atoms with Gasteiger partial charge in [-0.3, -0.25) is 4.79 Å². The summed E-state index contributed by atoms with van der Waals surface area (Å²) in [5.41, 5.74) is 1.59. The molecule has 1 N–H and O–H groups in total. The Kier molecular flexibility index (Phi) is 6.04. The molecule has 1 aromatic heterocycles. The number of aromatic nitrogens is 1. The summed E-state index contributed by atoms with van der Waals surface area (Å²) >= 11 is 1.29. The number of nitrogens with one attached hydrogen (secondary N) is 1. The number of thiazole rings is 1. The van der Waals surface area contributed by atoms with Gasteiger partial charge in [0, 0.05) is 11.6 Å². The van der Waals surface area contributed by atoms with Crippen molar-refractivity contribution in [3.05, 3.63) is 40.9 Å². The summed E-state index contributed by atoms with van der Waals surface area (Å²) < 4.78 is 5.22. The van der Waals surface area contributed by atoms with E-state index in [1.165, 1.54) is 17.8 Å². The van der Waals surface area contributed by atoms with Crippen molar-refractivity contribution in [3.63, 3.8) is 0 Å². The summed E-state index contributed by atoms with van der Waals surface area (Å²) in [4.78, 5) is 29.3. The zero-order valence-electron chi connectivity index (χ0n) is 15.2. The van der Waals surface area contributed by atoms with E-state index in [2.05, 4.69) is 17.2 Å². The van der Waals surface area contributed by atoms with Crippen molar-refractivity contribution in [3.8, 4) is 10.6 Å². The van der Waals surface area contributed by atoms with Crippen LogP contribution in [0, 0.1) is 12.8 Å². The summed E-state index contributed by atoms with van der Waals surface area (Å²) in [5.74, 6) is -0.253. The fourth-order valence-corrected chi connectivity index (χ4v) is 4.23. The van der Waals surface area contributed by atoms with E-state index in [0.717, 1.165) is 29.8 Å². The Morgan fingerprint density at radius 2 is 1.96 bits per heavy atom. The number of carbonyl (C=O) groups excluding carboxylic acids is 2. The van der Waals surface area contributed by atoms with Crippen LogP contribution in [0.15, 0.2) is 30.3 Å². The van der Waals surface area contributed by atoms with Crippen molar-refractivity contribution >= 4 is 23.2 Å². The molecule has 1 amide bonds. The first-order valence-corrected chi connectivity index (χ1v) is 9.85. The molecule has 5 nitrogen and oxygen atoms in total. The number of hydrogen-bond acceptors (Lipinski definition) is 5. The molecular weight excluding hydrogens is 348 g/mol. The first kappa shape index (κ1) is 18.6. The quantitative estimate of drug-likeness (QED) is 0.807. The molecule has 0 unspecified atom stereocenters. The van der Waals surface area contributed by atoms with Crippen LogP contribution in [0.2, 0.25) is 0 Å². The first-order chi connectivity index (χ1) is 12.5. The van der Waals surface area contributed by atoms with Crippen molar-refractivity contribution in [1.29, 1.82) is 0 Å². The normalized spacial score (nSPS) is 19.8. The molecule has 1 aliphatic rings. The molecule has 1 aliphatic carbocycles. The van der Waals surface area contributed by atoms with Gasteiger partial charge in [0.25, 0.3) is 5.91 Å². The minimum absolute atomic E-state index is 0.185. The zero-order valence-corrected chi connectivity index (χ0v) is 16.0. The zero-order chi connectivity index (χ0) is 18.5. The molecule has 2 atom stereocenters. The number of ether oxygens (including phenoxy) is 1. The van der Waals surface area contributed by atoms with Gasteiger partial charge in [0.05, 0.1) is 5.69 Å². The Hall–Kier alpha value is -2.21. The van der Waals surface area contributed by atoms with Gasteiger partial charge in [0.2, 0.25) is 0 Å². The van der Waals surface area contributed by atoms with Crippen LogP contribution in [-0.4, -0.2) is 29.5 Å². The predicted octanol–water partition coefficient (Wildman–Crippen LogP) is 3.97. The summed E-state index contributed by atoms with van der Waals surface area (Å²) in [7, 11) is 0. The highest BCUT2D eigenvalue weighted by Crippen LogP contribution is 2.28. The maximum atomic E-state index is 12.3. The van der Waals surface area contributed by atoms with Gasteiger partial charge in [-0.15, -0.1) is 11.3 Å². The van der Waals surface area contributed by atoms with Crippen molar-refractivity contribution in [1.82, 2.24) is 10.3 Å². The van der Waals surface area contributed by atoms with Gasteiger partial charge in [-0.05, 0) is 25.7 Å². The Morgan fingerprint density at radius 1 is 1.23 bits per heavy atom. The number of nitrogens with zero attached hydrogens (tertiary/aromatic N) is 1. The largest absolute Gasteiger partial charge is 0.451 e. The van der Waals surface area contributed by atoms with E-state index in [4.69, 9.17) is 4.74 Å².